The Balaban J connectivity index is 0.000000604. The number of anilines is 1. The predicted molar refractivity (Wildman–Crippen MR) is 193 cm³/mol. The average molecular weight is 715 g/mol. The van der Waals surface area contributed by atoms with Crippen LogP contribution in [0.5, 0.6) is 0 Å². The third-order valence-corrected chi connectivity index (χ3v) is 8.48. The molecule has 2 aromatic rings. The first-order chi connectivity index (χ1) is 22.4. The summed E-state index contributed by atoms with van der Waals surface area (Å²) in [6.45, 7) is 13.1. The summed E-state index contributed by atoms with van der Waals surface area (Å²) in [4.78, 5) is 36.6. The molecule has 1 saturated heterocycles. The van der Waals surface area contributed by atoms with Crippen molar-refractivity contribution >= 4 is 41.7 Å². The van der Waals surface area contributed by atoms with Gasteiger partial charge in [-0.3, -0.25) is 9.59 Å². The second-order valence-corrected chi connectivity index (χ2v) is 13.2. The van der Waals surface area contributed by atoms with Crippen LogP contribution in [0.15, 0.2) is 30.6 Å². The molecular weight excluding hydrogens is 657 g/mol. The van der Waals surface area contributed by atoms with Gasteiger partial charge in [0.15, 0.2) is 0 Å². The van der Waals surface area contributed by atoms with Gasteiger partial charge >= 0.3 is 5.97 Å². The monoisotopic (exact) mass is 713 g/mol. The molecule has 13 heteroatoms. The zero-order valence-corrected chi connectivity index (χ0v) is 30.7. The molecule has 0 saturated carbocycles. The minimum absolute atomic E-state index is 0. The lowest BCUT2D eigenvalue weighted by molar-refractivity contribution is -0.137. The first kappa shape index (κ1) is 43.5. The molecular formula is C35H57Cl2N5O6. The number of benzene rings is 1. The fourth-order valence-electron chi connectivity index (χ4n) is 5.59. The Morgan fingerprint density at radius 2 is 1.62 bits per heavy atom. The Morgan fingerprint density at radius 3 is 2.17 bits per heavy atom. The zero-order chi connectivity index (χ0) is 34.9. The van der Waals surface area contributed by atoms with E-state index in [9.17, 15) is 14.7 Å². The van der Waals surface area contributed by atoms with Crippen molar-refractivity contribution in [2.75, 3.05) is 44.2 Å². The maximum absolute atomic E-state index is 13.5. The minimum atomic E-state index is -0.670. The number of halogens is 2. The highest BCUT2D eigenvalue weighted by atomic mass is 35.5. The number of aliphatic carboxylic acids is 1. The smallest absolute Gasteiger partial charge is 0.303 e. The van der Waals surface area contributed by atoms with Gasteiger partial charge in [0.25, 0.3) is 0 Å². The van der Waals surface area contributed by atoms with Gasteiger partial charge in [-0.25, -0.2) is 9.97 Å². The van der Waals surface area contributed by atoms with Crippen molar-refractivity contribution in [3.63, 3.8) is 0 Å². The van der Waals surface area contributed by atoms with Gasteiger partial charge in [-0.15, -0.1) is 12.4 Å². The van der Waals surface area contributed by atoms with Crippen molar-refractivity contribution in [3.05, 3.63) is 52.4 Å². The fourth-order valence-corrected chi connectivity index (χ4v) is 5.72. The number of unbranched alkanes of at least 4 members (excludes halogenated alkanes) is 4. The Labute approximate surface area is 297 Å². The summed E-state index contributed by atoms with van der Waals surface area (Å²) in [5.74, 6) is 0.349. The summed E-state index contributed by atoms with van der Waals surface area (Å²) in [6.07, 6.45) is 7.04. The molecule has 1 aliphatic carbocycles. The normalized spacial score (nSPS) is 18.0. The molecule has 11 nitrogen and oxygen atoms in total. The van der Waals surface area contributed by atoms with Crippen LogP contribution >= 0.6 is 24.0 Å². The lowest BCUT2D eigenvalue weighted by Crippen LogP contribution is -2.51. The molecule has 0 radical (unpaired) electrons. The molecule has 2 heterocycles. The highest BCUT2D eigenvalue weighted by Crippen LogP contribution is 2.42. The van der Waals surface area contributed by atoms with Crippen LogP contribution in [0.3, 0.4) is 0 Å². The second kappa shape index (κ2) is 23.0. The summed E-state index contributed by atoms with van der Waals surface area (Å²) in [5, 5.41) is 38.7. The van der Waals surface area contributed by atoms with E-state index in [0.29, 0.717) is 56.6 Å². The lowest BCUT2D eigenvalue weighted by Gasteiger charge is -2.38. The standard InChI is InChI=1S/C24H32ClN5O2.C8H16O2.C3H8O2.ClH/c1-15(2)26-13-19(17-4-6-18(25)7-5-17)24(32)30-10-8-29(9-11-30)23-21-16(3)12-20(31)22(21)27-14-28-23;1-2-3-4-5-6-7-8(9)10;1-3(5)2-4;/h4-7,14-16,19-20,26,31H,8-13H2,1-3H3;2-7H2,1H3,(H,9,10);3-5H,2H2,1H3;1H/t16-,19-,20-;;;/m1.../s1. The molecule has 1 fully saturated rings. The van der Waals surface area contributed by atoms with Gasteiger partial charge < -0.3 is 35.5 Å². The number of carbonyl (C=O) groups excluding carboxylic acids is 1. The molecule has 272 valence electrons. The maximum atomic E-state index is 13.5. The number of aliphatic hydroxyl groups is 3. The molecule has 0 bridgehead atoms. The van der Waals surface area contributed by atoms with Crippen LogP contribution in [-0.2, 0) is 9.59 Å². The Hall–Kier alpha value is -2.54. The van der Waals surface area contributed by atoms with Crippen molar-refractivity contribution in [1.82, 2.24) is 20.2 Å². The van der Waals surface area contributed by atoms with Crippen LogP contribution in [0.4, 0.5) is 5.82 Å². The Morgan fingerprint density at radius 1 is 1.02 bits per heavy atom. The van der Waals surface area contributed by atoms with E-state index in [1.807, 2.05) is 29.2 Å². The highest BCUT2D eigenvalue weighted by molar-refractivity contribution is 6.30. The van der Waals surface area contributed by atoms with Gasteiger partial charge in [-0.2, -0.15) is 0 Å². The number of nitrogens with zero attached hydrogens (tertiary/aromatic N) is 4. The van der Waals surface area contributed by atoms with Gasteiger partial charge in [-0.05, 0) is 43.4 Å². The number of amides is 1. The van der Waals surface area contributed by atoms with Crippen LogP contribution in [0.25, 0.3) is 0 Å². The van der Waals surface area contributed by atoms with Crippen molar-refractivity contribution in [2.24, 2.45) is 0 Å². The van der Waals surface area contributed by atoms with Crippen molar-refractivity contribution < 1.29 is 30.0 Å². The molecule has 1 aromatic heterocycles. The number of aromatic nitrogens is 2. The Kier molecular flexibility index (Phi) is 20.8. The topological polar surface area (TPSA) is 159 Å². The van der Waals surface area contributed by atoms with E-state index >= 15 is 0 Å². The van der Waals surface area contributed by atoms with E-state index in [-0.39, 0.29) is 36.8 Å². The summed E-state index contributed by atoms with van der Waals surface area (Å²) in [5.41, 5.74) is 2.79. The molecule has 1 aromatic carbocycles. The van der Waals surface area contributed by atoms with Crippen molar-refractivity contribution in [1.29, 1.82) is 0 Å². The van der Waals surface area contributed by atoms with Crippen LogP contribution in [0, 0.1) is 0 Å². The number of fused-ring (bicyclic) bond motifs is 1. The predicted octanol–water partition coefficient (Wildman–Crippen LogP) is 5.31. The second-order valence-electron chi connectivity index (χ2n) is 12.7. The third-order valence-electron chi connectivity index (χ3n) is 8.23. The summed E-state index contributed by atoms with van der Waals surface area (Å²) >= 11 is 6.06. The van der Waals surface area contributed by atoms with E-state index in [2.05, 4.69) is 47.9 Å². The van der Waals surface area contributed by atoms with E-state index in [0.717, 1.165) is 35.5 Å². The highest BCUT2D eigenvalue weighted by Gasteiger charge is 2.35. The van der Waals surface area contributed by atoms with Gasteiger partial charge in [0.05, 0.1) is 30.4 Å². The van der Waals surface area contributed by atoms with Gasteiger partial charge in [0, 0.05) is 55.8 Å². The molecule has 1 amide bonds. The summed E-state index contributed by atoms with van der Waals surface area (Å²) < 4.78 is 0. The van der Waals surface area contributed by atoms with Crippen LogP contribution in [-0.4, -0.2) is 98.6 Å². The average Bonchev–Trinajstić information content (AvgIpc) is 3.35. The third kappa shape index (κ3) is 14.5. The van der Waals surface area contributed by atoms with Gasteiger partial charge in [0.1, 0.15) is 12.1 Å². The first-order valence-corrected chi connectivity index (χ1v) is 17.3. The summed E-state index contributed by atoms with van der Waals surface area (Å²) in [7, 11) is 0. The number of hydrogen-bond donors (Lipinski definition) is 5. The van der Waals surface area contributed by atoms with Crippen LogP contribution in [0.2, 0.25) is 5.02 Å². The lowest BCUT2D eigenvalue weighted by atomic mass is 9.96. The Bertz CT molecular complexity index is 1210. The number of carboxylic acid groups (broad SMARTS) is 1. The van der Waals surface area contributed by atoms with E-state index in [1.54, 1.807) is 6.33 Å². The van der Waals surface area contributed by atoms with Crippen LogP contribution < -0.4 is 10.2 Å². The number of carbonyl (C=O) groups is 2. The SMILES string of the molecule is CC(C)NC[C@@H](C(=O)N1CCN(c2ncnc3c2[C@H](C)C[C@H]3O)CC1)c1ccc(Cl)cc1.CC(O)CO.CCCCCCCC(=O)O.Cl. The maximum Gasteiger partial charge on any atom is 0.303 e. The molecule has 48 heavy (non-hydrogen) atoms. The van der Waals surface area contributed by atoms with Crippen LogP contribution in [0.1, 0.15) is 114 Å². The quantitative estimate of drug-likeness (QED) is 0.172. The number of nitrogens with one attached hydrogen (secondary N) is 1. The number of hydrogen-bond acceptors (Lipinski definition) is 9. The van der Waals surface area contributed by atoms with E-state index in [4.69, 9.17) is 26.9 Å². The van der Waals surface area contributed by atoms with Gasteiger partial charge in [-0.1, -0.05) is 77.1 Å². The fraction of sp³-hybridized carbons (Fsp3) is 0.657. The molecule has 4 atom stereocenters. The number of rotatable bonds is 13. The molecule has 5 N–H and O–H groups in total. The molecule has 4 rings (SSSR count). The number of carboxylic acids is 1. The molecule has 2 aliphatic rings. The first-order valence-electron chi connectivity index (χ1n) is 17.0. The molecule has 0 spiro atoms. The summed E-state index contributed by atoms with van der Waals surface area (Å²) in [6, 6.07) is 7.87. The molecule has 1 aliphatic heterocycles. The largest absolute Gasteiger partial charge is 0.481 e. The van der Waals surface area contributed by atoms with Gasteiger partial charge in [0.2, 0.25) is 5.91 Å². The number of piperazine rings is 1. The zero-order valence-electron chi connectivity index (χ0n) is 29.1. The van der Waals surface area contributed by atoms with Crippen molar-refractivity contribution in [3.8, 4) is 0 Å². The van der Waals surface area contributed by atoms with Crippen molar-refractivity contribution in [2.45, 2.75) is 110 Å². The minimum Gasteiger partial charge on any atom is -0.481 e. The van der Waals surface area contributed by atoms with E-state index in [1.165, 1.54) is 26.2 Å². The molecule has 1 unspecified atom stereocenters. The van der Waals surface area contributed by atoms with E-state index < -0.39 is 18.2 Å². The number of aliphatic hydroxyl groups excluding tert-OH is 3.